The molecule has 2 aromatic rings. The molecule has 3 nitrogen and oxygen atoms in total. The quantitative estimate of drug-likeness (QED) is 0.517. The number of methoxy groups -OCH3 is 1. The zero-order valence-corrected chi connectivity index (χ0v) is 18.4. The van der Waals surface area contributed by atoms with Crippen molar-refractivity contribution < 1.29 is 23.0 Å². The lowest BCUT2D eigenvalue weighted by Crippen LogP contribution is -2.42. The Balaban J connectivity index is 1.40. The molecule has 2 fully saturated rings. The van der Waals surface area contributed by atoms with E-state index in [2.05, 4.69) is 29.9 Å². The highest BCUT2D eigenvalue weighted by molar-refractivity contribution is 6.06. The Hall–Kier alpha value is -2.69. The minimum atomic E-state index is -2.84. The molecule has 0 saturated heterocycles. The van der Waals surface area contributed by atoms with E-state index < -0.39 is 6.61 Å². The van der Waals surface area contributed by atoms with Gasteiger partial charge in [0.1, 0.15) is 11.5 Å². The predicted octanol–water partition coefficient (Wildman–Crippen LogP) is 6.42. The van der Waals surface area contributed by atoms with Crippen LogP contribution in [0.2, 0.25) is 0 Å². The van der Waals surface area contributed by atoms with Gasteiger partial charge in [-0.3, -0.25) is 4.79 Å². The first kappa shape index (κ1) is 21.2. The fourth-order valence-corrected chi connectivity index (χ4v) is 6.43. The first-order chi connectivity index (χ1) is 15.4. The van der Waals surface area contributed by atoms with E-state index in [1.807, 2.05) is 6.08 Å². The van der Waals surface area contributed by atoms with Gasteiger partial charge in [0.05, 0.1) is 7.11 Å². The summed E-state index contributed by atoms with van der Waals surface area (Å²) in [5.41, 5.74) is 4.22. The van der Waals surface area contributed by atoms with Crippen molar-refractivity contribution in [1.29, 1.82) is 0 Å². The van der Waals surface area contributed by atoms with Gasteiger partial charge < -0.3 is 9.47 Å². The van der Waals surface area contributed by atoms with Crippen LogP contribution >= 0.6 is 0 Å². The molecule has 0 bridgehead atoms. The molecule has 4 unspecified atom stereocenters. The van der Waals surface area contributed by atoms with E-state index in [4.69, 9.17) is 4.74 Å². The van der Waals surface area contributed by atoms with Gasteiger partial charge in [-0.05, 0) is 102 Å². The van der Waals surface area contributed by atoms with Crippen LogP contribution in [0.4, 0.5) is 8.78 Å². The number of alkyl halides is 2. The highest BCUT2D eigenvalue weighted by Crippen LogP contribution is 2.60. The van der Waals surface area contributed by atoms with Crippen LogP contribution in [-0.4, -0.2) is 19.5 Å². The average Bonchev–Trinajstić information content (AvgIpc) is 3.04. The number of hydrogen-bond donors (Lipinski definition) is 0. The van der Waals surface area contributed by atoms with Crippen LogP contribution in [0.5, 0.6) is 11.5 Å². The van der Waals surface area contributed by atoms with Crippen molar-refractivity contribution in [3.63, 3.8) is 0 Å². The number of rotatable bonds is 4. The smallest absolute Gasteiger partial charge is 0.387 e. The normalized spacial score (nSPS) is 30.1. The lowest BCUT2D eigenvalue weighted by Gasteiger charge is -2.48. The highest BCUT2D eigenvalue weighted by atomic mass is 19.3. The molecule has 0 N–H and O–H groups in total. The molecule has 3 aliphatic rings. The summed E-state index contributed by atoms with van der Waals surface area (Å²) in [4.78, 5) is 13.5. The SMILES string of the molecule is COc1ccc2c(c1)CCC1C2CCC2(C)C(=O)/C(=C\c3ccc(OC(F)F)cc3)CC12. The molecule has 4 atom stereocenters. The van der Waals surface area contributed by atoms with Crippen molar-refractivity contribution in [2.75, 3.05) is 7.11 Å². The van der Waals surface area contributed by atoms with Crippen LogP contribution in [0.15, 0.2) is 48.0 Å². The van der Waals surface area contributed by atoms with Crippen LogP contribution in [0.3, 0.4) is 0 Å². The molecule has 0 radical (unpaired) electrons. The maximum Gasteiger partial charge on any atom is 0.387 e. The predicted molar refractivity (Wildman–Crippen MR) is 119 cm³/mol. The largest absolute Gasteiger partial charge is 0.497 e. The van der Waals surface area contributed by atoms with Crippen LogP contribution in [0, 0.1) is 17.3 Å². The van der Waals surface area contributed by atoms with Crippen molar-refractivity contribution in [1.82, 2.24) is 0 Å². The van der Waals surface area contributed by atoms with Crippen molar-refractivity contribution in [3.8, 4) is 11.5 Å². The first-order valence-corrected chi connectivity index (χ1v) is 11.4. The maximum absolute atomic E-state index is 13.5. The summed E-state index contributed by atoms with van der Waals surface area (Å²) in [6.45, 7) is -0.687. The molecule has 32 heavy (non-hydrogen) atoms. The van der Waals surface area contributed by atoms with E-state index in [-0.39, 0.29) is 16.9 Å². The summed E-state index contributed by atoms with van der Waals surface area (Å²) >= 11 is 0. The Labute approximate surface area is 187 Å². The lowest BCUT2D eigenvalue weighted by atomic mass is 9.55. The van der Waals surface area contributed by atoms with Gasteiger partial charge in [0.15, 0.2) is 5.78 Å². The van der Waals surface area contributed by atoms with Gasteiger partial charge in [0, 0.05) is 5.41 Å². The molecular formula is C27H28F2O3. The van der Waals surface area contributed by atoms with Gasteiger partial charge >= 0.3 is 6.61 Å². The minimum Gasteiger partial charge on any atom is -0.497 e. The zero-order valence-electron chi connectivity index (χ0n) is 18.4. The van der Waals surface area contributed by atoms with Gasteiger partial charge in [-0.15, -0.1) is 0 Å². The molecule has 0 aromatic heterocycles. The number of hydrogen-bond acceptors (Lipinski definition) is 3. The van der Waals surface area contributed by atoms with Crippen molar-refractivity contribution >= 4 is 11.9 Å². The molecular weight excluding hydrogens is 410 g/mol. The molecule has 5 heteroatoms. The molecule has 0 aliphatic heterocycles. The number of benzene rings is 2. The van der Waals surface area contributed by atoms with Gasteiger partial charge in [0.25, 0.3) is 0 Å². The fourth-order valence-electron chi connectivity index (χ4n) is 6.43. The molecule has 0 amide bonds. The summed E-state index contributed by atoms with van der Waals surface area (Å²) in [5.74, 6) is 2.65. The van der Waals surface area contributed by atoms with Gasteiger partial charge in [0.2, 0.25) is 0 Å². The maximum atomic E-state index is 13.5. The second-order valence-corrected chi connectivity index (χ2v) is 9.59. The highest BCUT2D eigenvalue weighted by Gasteiger charge is 2.56. The first-order valence-electron chi connectivity index (χ1n) is 11.4. The number of carbonyl (C=O) groups is 1. The third-order valence-corrected chi connectivity index (χ3v) is 8.02. The van der Waals surface area contributed by atoms with Crippen molar-refractivity contribution in [3.05, 3.63) is 64.7 Å². The van der Waals surface area contributed by atoms with Crippen LogP contribution in [0.25, 0.3) is 6.08 Å². The summed E-state index contributed by atoms with van der Waals surface area (Å²) in [5, 5.41) is 0. The topological polar surface area (TPSA) is 35.5 Å². The average molecular weight is 439 g/mol. The third-order valence-electron chi connectivity index (χ3n) is 8.02. The number of ether oxygens (including phenoxy) is 2. The number of fused-ring (bicyclic) bond motifs is 5. The number of ketones is 1. The second kappa shape index (κ2) is 8.02. The van der Waals surface area contributed by atoms with Crippen LogP contribution in [-0.2, 0) is 11.2 Å². The molecule has 5 rings (SSSR count). The van der Waals surface area contributed by atoms with E-state index in [9.17, 15) is 13.6 Å². The Bertz CT molecular complexity index is 1060. The van der Waals surface area contributed by atoms with E-state index in [1.54, 1.807) is 19.2 Å². The molecule has 2 saturated carbocycles. The molecule has 168 valence electrons. The van der Waals surface area contributed by atoms with E-state index >= 15 is 0 Å². The molecule has 3 aliphatic carbocycles. The van der Waals surface area contributed by atoms with E-state index in [1.165, 1.54) is 23.3 Å². The standard InChI is InChI=1S/C27H28F2O3/c1-27-12-11-22-21-10-8-20(31-2)14-17(21)5-9-23(22)24(27)15-18(25(27)30)13-16-3-6-19(7-4-16)32-26(28)29/h3-4,6-8,10,13-14,22-24,26H,5,9,11-12,15H2,1-2H3/b18-13-. The summed E-state index contributed by atoms with van der Waals surface area (Å²) in [6, 6.07) is 13.0. The second-order valence-electron chi connectivity index (χ2n) is 9.59. The third kappa shape index (κ3) is 3.52. The molecule has 0 spiro atoms. The van der Waals surface area contributed by atoms with E-state index in [0.717, 1.165) is 49.0 Å². The summed E-state index contributed by atoms with van der Waals surface area (Å²) < 4.78 is 34.6. The van der Waals surface area contributed by atoms with E-state index in [0.29, 0.717) is 17.8 Å². The summed E-state index contributed by atoms with van der Waals surface area (Å²) in [7, 11) is 1.71. The minimum absolute atomic E-state index is 0.126. The van der Waals surface area contributed by atoms with Gasteiger partial charge in [-0.2, -0.15) is 8.78 Å². The van der Waals surface area contributed by atoms with Crippen molar-refractivity contribution in [2.45, 2.75) is 51.6 Å². The Morgan fingerprint density at radius 3 is 2.56 bits per heavy atom. The van der Waals surface area contributed by atoms with Crippen LogP contribution < -0.4 is 9.47 Å². The number of carbonyl (C=O) groups excluding carboxylic acids is 1. The lowest BCUT2D eigenvalue weighted by molar-refractivity contribution is -0.127. The van der Waals surface area contributed by atoms with Crippen LogP contribution in [0.1, 0.15) is 55.2 Å². The number of halogens is 2. The Morgan fingerprint density at radius 2 is 1.84 bits per heavy atom. The number of aryl methyl sites for hydroxylation is 1. The van der Waals surface area contributed by atoms with Gasteiger partial charge in [-0.1, -0.05) is 25.1 Å². The fraction of sp³-hybridized carbons (Fsp3) is 0.444. The number of Topliss-reactive ketones (excluding diaryl/α,β-unsaturated/α-hetero) is 1. The molecule has 2 aromatic carbocycles. The zero-order chi connectivity index (χ0) is 22.5. The monoisotopic (exact) mass is 438 g/mol. The molecule has 0 heterocycles. The number of allylic oxidation sites excluding steroid dienone is 1. The summed E-state index contributed by atoms with van der Waals surface area (Å²) in [6.07, 6.45) is 6.80. The Morgan fingerprint density at radius 1 is 1.09 bits per heavy atom. The van der Waals surface area contributed by atoms with Gasteiger partial charge in [-0.25, -0.2) is 0 Å². The van der Waals surface area contributed by atoms with Crippen molar-refractivity contribution in [2.24, 2.45) is 17.3 Å². The Kier molecular flexibility index (Phi) is 5.31.